The Morgan fingerprint density at radius 2 is 1.37 bits per heavy atom. The maximum atomic E-state index is 6.66. The monoisotopic (exact) mass is 845 g/mol. The number of hydrogen-bond acceptors (Lipinski definition) is 15. The van der Waals surface area contributed by atoms with Gasteiger partial charge in [0, 0.05) is 86.2 Å². The Morgan fingerprint density at radius 3 is 1.85 bits per heavy atom. The fourth-order valence-corrected chi connectivity index (χ4v) is 13.1. The van der Waals surface area contributed by atoms with E-state index in [1.165, 1.54) is 34.2 Å². The van der Waals surface area contributed by atoms with Crippen molar-refractivity contribution in [2.24, 2.45) is 27.2 Å². The molecule has 0 aliphatic carbocycles. The molecule has 2 aliphatic rings. The van der Waals surface area contributed by atoms with Gasteiger partial charge >= 0.3 is 26.6 Å². The zero-order chi connectivity index (χ0) is 39.9. The number of hydrogen-bond donors (Lipinski definition) is 3. The van der Waals surface area contributed by atoms with E-state index in [1.807, 2.05) is 0 Å². The number of rotatable bonds is 21. The molecule has 0 spiro atoms. The molecule has 0 aromatic rings. The number of nitrogens with two attached hydrogens (primary N) is 1. The van der Waals surface area contributed by atoms with Gasteiger partial charge in [-0.15, -0.1) is 0 Å². The van der Waals surface area contributed by atoms with Gasteiger partial charge in [0.15, 0.2) is 5.11 Å². The van der Waals surface area contributed by atoms with E-state index in [9.17, 15) is 0 Å². The van der Waals surface area contributed by atoms with Gasteiger partial charge in [-0.05, 0) is 96.6 Å². The third-order valence-electron chi connectivity index (χ3n) is 9.74. The largest absolute Gasteiger partial charge is 0.660 e. The van der Waals surface area contributed by atoms with Gasteiger partial charge in [-0.1, -0.05) is 26.7 Å². The predicted molar refractivity (Wildman–Crippen MR) is 223 cm³/mol. The van der Waals surface area contributed by atoms with Crippen LogP contribution in [0.4, 0.5) is 0 Å². The predicted octanol–water partition coefficient (Wildman–Crippen LogP) is 5.40. The minimum Gasteiger partial charge on any atom is -0.377 e. The molecule has 52 heavy (non-hydrogen) atoms. The van der Waals surface area contributed by atoms with Crippen molar-refractivity contribution >= 4 is 78.7 Å². The Labute approximate surface area is 333 Å². The SMILES string of the molecule is CO[Si](CCCN=C=S)(OC)OC.CO[Si](N=C=S)(OC)OC.C[C@@H]1O[Si]2(CCCNC(=S)NCCCCCCN)OC(C)(C)[C@H](C)[C@@](C)(O2)[C@@H]1C. The summed E-state index contributed by atoms with van der Waals surface area (Å²) in [6.07, 6.45) is 6.50. The van der Waals surface area contributed by atoms with Crippen molar-refractivity contribution in [3.8, 4) is 0 Å². The summed E-state index contributed by atoms with van der Waals surface area (Å²) in [5.41, 5.74) is 5.06. The van der Waals surface area contributed by atoms with Gasteiger partial charge in [0.2, 0.25) is 0 Å². The molecule has 0 aromatic heterocycles. The van der Waals surface area contributed by atoms with Crippen LogP contribution in [0.25, 0.3) is 0 Å². The lowest BCUT2D eigenvalue weighted by molar-refractivity contribution is -0.242. The molecule has 20 heteroatoms. The second-order valence-corrected chi connectivity index (χ2v) is 22.1. The van der Waals surface area contributed by atoms with Gasteiger partial charge in [0.25, 0.3) is 0 Å². The molecule has 0 amide bonds. The first kappa shape index (κ1) is 51.5. The van der Waals surface area contributed by atoms with E-state index in [1.54, 1.807) is 21.3 Å². The molecule has 2 bridgehead atoms. The highest BCUT2D eigenvalue weighted by molar-refractivity contribution is 7.80. The summed E-state index contributed by atoms with van der Waals surface area (Å²) in [5, 5.41) is 11.8. The molecular formula is C32H67N5O9S3Si3. The Hall–Kier alpha value is -0.459. The zero-order valence-corrected chi connectivity index (χ0v) is 39.0. The van der Waals surface area contributed by atoms with Crippen LogP contribution in [0.2, 0.25) is 12.1 Å². The Bertz CT molecular complexity index is 1100. The average molecular weight is 846 g/mol. The van der Waals surface area contributed by atoms with Crippen molar-refractivity contribution in [2.45, 2.75) is 109 Å². The fourth-order valence-electron chi connectivity index (χ4n) is 5.98. The molecule has 2 heterocycles. The quantitative estimate of drug-likeness (QED) is 0.0584. The van der Waals surface area contributed by atoms with Crippen molar-refractivity contribution in [1.29, 1.82) is 0 Å². The molecule has 0 aromatic carbocycles. The first-order chi connectivity index (χ1) is 24.5. The summed E-state index contributed by atoms with van der Waals surface area (Å²) in [6, 6.07) is 1.56. The summed E-state index contributed by atoms with van der Waals surface area (Å²) in [4.78, 5) is 3.80. The number of isothiocyanates is 2. The van der Waals surface area contributed by atoms with Crippen LogP contribution in [0, 0.1) is 11.8 Å². The molecule has 2 saturated heterocycles. The van der Waals surface area contributed by atoms with Gasteiger partial charge in [-0.2, -0.15) is 4.66 Å². The average Bonchev–Trinajstić information content (AvgIpc) is 3.13. The van der Waals surface area contributed by atoms with Crippen molar-refractivity contribution < 1.29 is 39.8 Å². The molecule has 0 radical (unpaired) electrons. The summed E-state index contributed by atoms with van der Waals surface area (Å²) in [5.74, 6) is 0.637. The number of aliphatic imine (C=N–C) groups is 1. The van der Waals surface area contributed by atoms with Crippen molar-refractivity contribution in [2.75, 3.05) is 68.8 Å². The number of fused-ring (bicyclic) bond motifs is 2. The number of nitrogens with one attached hydrogen (secondary N) is 2. The molecule has 0 saturated carbocycles. The number of unbranched alkanes of at least 4 members (excludes halogenated alkanes) is 3. The normalized spacial score (nSPS) is 24.8. The van der Waals surface area contributed by atoms with Crippen molar-refractivity contribution in [3.05, 3.63) is 0 Å². The summed E-state index contributed by atoms with van der Waals surface area (Å²) in [6.45, 7) is 16.4. The van der Waals surface area contributed by atoms with Crippen LogP contribution in [0.3, 0.4) is 0 Å². The van der Waals surface area contributed by atoms with E-state index in [0.717, 1.165) is 62.5 Å². The Balaban J connectivity index is 0.000000931. The second kappa shape index (κ2) is 26.4. The number of nitrogens with zero attached hydrogens (tertiary/aromatic N) is 2. The molecule has 14 nitrogen and oxygen atoms in total. The minimum absolute atomic E-state index is 0.147. The van der Waals surface area contributed by atoms with Gasteiger partial charge < -0.3 is 56.2 Å². The van der Waals surface area contributed by atoms with Crippen LogP contribution >= 0.6 is 36.7 Å². The zero-order valence-electron chi connectivity index (χ0n) is 33.6. The van der Waals surface area contributed by atoms with Crippen LogP contribution < -0.4 is 16.4 Å². The highest BCUT2D eigenvalue weighted by Crippen LogP contribution is 2.52. The van der Waals surface area contributed by atoms with Crippen LogP contribution in [-0.4, -0.2) is 128 Å². The van der Waals surface area contributed by atoms with E-state index in [0.29, 0.717) is 18.4 Å². The maximum absolute atomic E-state index is 6.66. The van der Waals surface area contributed by atoms with E-state index in [2.05, 4.69) is 96.6 Å². The second-order valence-electron chi connectivity index (χ2n) is 13.2. The van der Waals surface area contributed by atoms with Gasteiger partial charge in [-0.25, -0.2) is 4.99 Å². The van der Waals surface area contributed by atoms with Crippen LogP contribution in [0.15, 0.2) is 9.65 Å². The standard InChI is InChI=1S/C21H43N3O3SSi.C7H15NO3SSi.C4H9NO3SSi/c1-16-17(2)25-29(26-20(4,5)18(3)21(16,6)27-29)15-11-14-24-19(28)23-13-10-8-7-9-12-22;1-9-13(10-2,11-3)6-4-5-8-7-12;1-6-10(7-2,8-3)5-4-9/h16-18H,7-15,22H2,1-6H3,(H2,23,24,28);4-6H2,1-3H3;1-3H3/t16-,17+,18+,21+,29?;;/m1../s1. The van der Waals surface area contributed by atoms with Gasteiger partial charge in [0.05, 0.1) is 27.6 Å². The minimum atomic E-state index is -2.81. The molecule has 1 unspecified atom stereocenters. The Kier molecular flexibility index (Phi) is 26.2. The fraction of sp³-hybridized carbons (Fsp3) is 0.906. The van der Waals surface area contributed by atoms with Gasteiger partial charge in [0.1, 0.15) is 0 Å². The molecule has 2 rings (SSSR count). The Morgan fingerprint density at radius 1 is 0.808 bits per heavy atom. The van der Waals surface area contributed by atoms with Crippen LogP contribution in [-0.2, 0) is 39.8 Å². The highest BCUT2D eigenvalue weighted by Gasteiger charge is 2.65. The van der Waals surface area contributed by atoms with Crippen molar-refractivity contribution in [1.82, 2.24) is 10.6 Å². The molecular weight excluding hydrogens is 779 g/mol. The molecule has 2 fully saturated rings. The van der Waals surface area contributed by atoms with Crippen LogP contribution in [0.5, 0.6) is 0 Å². The molecule has 4 N–H and O–H groups in total. The lowest BCUT2D eigenvalue weighted by Gasteiger charge is -2.62. The summed E-state index contributed by atoms with van der Waals surface area (Å²) >= 11 is 14.2. The topological polar surface area (TPSA) is 158 Å². The van der Waals surface area contributed by atoms with E-state index in [4.69, 9.17) is 57.8 Å². The van der Waals surface area contributed by atoms with Gasteiger partial charge in [-0.3, -0.25) is 0 Å². The molecule has 5 atom stereocenters. The van der Waals surface area contributed by atoms with E-state index in [-0.39, 0.29) is 17.3 Å². The summed E-state index contributed by atoms with van der Waals surface area (Å²) in [7, 11) is 1.24. The molecule has 2 aliphatic heterocycles. The van der Waals surface area contributed by atoms with E-state index >= 15 is 0 Å². The molecule has 304 valence electrons. The third-order valence-corrected chi connectivity index (χ3v) is 18.5. The first-order valence-corrected chi connectivity index (χ1v) is 24.5. The third kappa shape index (κ3) is 16.7. The maximum Gasteiger partial charge on any atom is 0.660 e. The summed E-state index contributed by atoms with van der Waals surface area (Å²) < 4.78 is 53.6. The lowest BCUT2D eigenvalue weighted by Crippen LogP contribution is -2.73. The number of thiocarbonyl (C=S) groups is 3. The van der Waals surface area contributed by atoms with Crippen LogP contribution in [0.1, 0.15) is 80.1 Å². The van der Waals surface area contributed by atoms with Crippen molar-refractivity contribution in [3.63, 3.8) is 0 Å². The first-order valence-electron chi connectivity index (χ1n) is 17.8. The van der Waals surface area contributed by atoms with E-state index < -0.39 is 26.6 Å². The lowest BCUT2D eigenvalue weighted by atomic mass is 9.71. The highest BCUT2D eigenvalue weighted by atomic mass is 32.1. The smallest absolute Gasteiger partial charge is 0.377 e.